The third-order valence-corrected chi connectivity index (χ3v) is 1.97. The van der Waals surface area contributed by atoms with Crippen LogP contribution < -0.4 is 0 Å². The highest BCUT2D eigenvalue weighted by molar-refractivity contribution is 7.85. The summed E-state index contributed by atoms with van der Waals surface area (Å²) in [5.41, 5.74) is 0. The zero-order valence-corrected chi connectivity index (χ0v) is 7.56. The fourth-order valence-electron chi connectivity index (χ4n) is 0.716. The van der Waals surface area contributed by atoms with Gasteiger partial charge in [0.2, 0.25) is 5.09 Å². The first-order valence-corrected chi connectivity index (χ1v) is 4.82. The third kappa shape index (κ3) is 2.71. The highest BCUT2D eigenvalue weighted by Crippen LogP contribution is 2.14. The summed E-state index contributed by atoms with van der Waals surface area (Å²) in [6.07, 6.45) is 1.85. The van der Waals surface area contributed by atoms with Gasteiger partial charge in [0.1, 0.15) is 5.76 Å². The lowest BCUT2D eigenvalue weighted by atomic mass is 10.4. The van der Waals surface area contributed by atoms with Crippen molar-refractivity contribution in [2.45, 2.75) is 5.09 Å². The lowest BCUT2D eigenvalue weighted by molar-refractivity contribution is -0.131. The zero-order chi connectivity index (χ0) is 10.8. The van der Waals surface area contributed by atoms with E-state index in [1.807, 2.05) is 0 Å². The molecule has 1 aromatic rings. The number of carboxylic acids is 1. The summed E-state index contributed by atoms with van der Waals surface area (Å²) in [4.78, 5) is 10.1. The van der Waals surface area contributed by atoms with Crippen LogP contribution in [0.25, 0.3) is 6.08 Å². The number of aliphatic carboxylic acids is 1. The summed E-state index contributed by atoms with van der Waals surface area (Å²) < 4.78 is 34.1. The van der Waals surface area contributed by atoms with Crippen molar-refractivity contribution in [2.75, 3.05) is 0 Å². The lowest BCUT2D eigenvalue weighted by Gasteiger charge is -1.87. The van der Waals surface area contributed by atoms with Crippen LogP contribution in [0.3, 0.4) is 0 Å². The predicted octanol–water partition coefficient (Wildman–Crippen LogP) is 0.624. The molecule has 76 valence electrons. The van der Waals surface area contributed by atoms with Gasteiger partial charge >= 0.3 is 16.1 Å². The van der Waals surface area contributed by atoms with Crippen LogP contribution in [0.5, 0.6) is 0 Å². The topological polar surface area (TPSA) is 105 Å². The Bertz CT molecular complexity index is 466. The maximum atomic E-state index is 10.5. The van der Waals surface area contributed by atoms with Crippen LogP contribution in [-0.4, -0.2) is 24.0 Å². The van der Waals surface area contributed by atoms with Gasteiger partial charge in [-0.05, 0) is 18.2 Å². The number of rotatable bonds is 3. The molecule has 2 N–H and O–H groups in total. The molecule has 0 aliphatic carbocycles. The van der Waals surface area contributed by atoms with Gasteiger partial charge in [0, 0.05) is 6.08 Å². The van der Waals surface area contributed by atoms with E-state index in [0.29, 0.717) is 0 Å². The Balaban J connectivity index is 2.95. The van der Waals surface area contributed by atoms with E-state index >= 15 is 0 Å². The normalized spacial score (nSPS) is 12.1. The molecule has 14 heavy (non-hydrogen) atoms. The van der Waals surface area contributed by atoms with E-state index in [9.17, 15) is 13.2 Å². The third-order valence-electron chi connectivity index (χ3n) is 1.25. The first kappa shape index (κ1) is 10.5. The number of carbonyl (C=O) groups is 1. The molecule has 0 saturated heterocycles. The second-order valence-corrected chi connectivity index (χ2v) is 3.66. The molecule has 0 bridgehead atoms. The Kier molecular flexibility index (Phi) is 2.73. The van der Waals surface area contributed by atoms with E-state index in [2.05, 4.69) is 4.42 Å². The fourth-order valence-corrected chi connectivity index (χ4v) is 1.16. The molecule has 0 aromatic carbocycles. The van der Waals surface area contributed by atoms with Crippen LogP contribution in [0.1, 0.15) is 5.76 Å². The molecule has 6 nitrogen and oxygen atoms in total. The van der Waals surface area contributed by atoms with Crippen molar-refractivity contribution in [3.63, 3.8) is 0 Å². The fraction of sp³-hybridized carbons (Fsp3) is 0. The van der Waals surface area contributed by atoms with Gasteiger partial charge in [-0.1, -0.05) is 0 Å². The molecule has 0 radical (unpaired) electrons. The molecule has 0 spiro atoms. The molecule has 1 aromatic heterocycles. The van der Waals surface area contributed by atoms with Crippen LogP contribution in [-0.2, 0) is 14.9 Å². The van der Waals surface area contributed by atoms with E-state index in [4.69, 9.17) is 9.66 Å². The maximum absolute atomic E-state index is 10.5. The van der Waals surface area contributed by atoms with E-state index in [1.54, 1.807) is 0 Å². The van der Waals surface area contributed by atoms with Gasteiger partial charge in [-0.2, -0.15) is 8.42 Å². The number of carboxylic acid groups (broad SMARTS) is 1. The molecular weight excluding hydrogens is 212 g/mol. The van der Waals surface area contributed by atoms with Crippen molar-refractivity contribution < 1.29 is 27.3 Å². The molecule has 0 amide bonds. The molecule has 0 aliphatic rings. The first-order valence-electron chi connectivity index (χ1n) is 3.38. The van der Waals surface area contributed by atoms with Crippen molar-refractivity contribution in [1.82, 2.24) is 0 Å². The maximum Gasteiger partial charge on any atom is 0.328 e. The van der Waals surface area contributed by atoms with Gasteiger partial charge in [-0.25, -0.2) is 4.79 Å². The van der Waals surface area contributed by atoms with Gasteiger partial charge in [-0.3, -0.25) is 4.55 Å². The van der Waals surface area contributed by atoms with E-state index in [0.717, 1.165) is 18.2 Å². The molecule has 1 heterocycles. The molecule has 0 atom stereocenters. The monoisotopic (exact) mass is 218 g/mol. The van der Waals surface area contributed by atoms with Crippen LogP contribution in [0.2, 0.25) is 0 Å². The van der Waals surface area contributed by atoms with Crippen molar-refractivity contribution >= 4 is 22.2 Å². The summed E-state index contributed by atoms with van der Waals surface area (Å²) in [7, 11) is -4.37. The second-order valence-electron chi connectivity index (χ2n) is 2.30. The van der Waals surface area contributed by atoms with Crippen LogP contribution in [0.15, 0.2) is 27.7 Å². The molecule has 0 unspecified atom stereocenters. The standard InChI is InChI=1S/C7H6O6S/c8-6(9)3-1-5-2-4-7(13-5)14(10,11)12/h1-4H,(H,8,9)(H,10,11,12)/b3-1+. The Hall–Kier alpha value is -1.60. The Labute approximate surface area is 79.2 Å². The average Bonchev–Trinajstić information content (AvgIpc) is 2.47. The highest BCUT2D eigenvalue weighted by atomic mass is 32.2. The average molecular weight is 218 g/mol. The summed E-state index contributed by atoms with van der Waals surface area (Å²) in [5.74, 6) is -1.16. The smallest absolute Gasteiger partial charge is 0.328 e. The van der Waals surface area contributed by atoms with Crippen LogP contribution >= 0.6 is 0 Å². The Morgan fingerprint density at radius 2 is 2.07 bits per heavy atom. The predicted molar refractivity (Wildman–Crippen MR) is 45.2 cm³/mol. The molecule has 1 rings (SSSR count). The number of furan rings is 1. The summed E-state index contributed by atoms with van der Waals surface area (Å²) in [5, 5.41) is 7.62. The van der Waals surface area contributed by atoms with E-state index < -0.39 is 21.2 Å². The number of hydrogen-bond acceptors (Lipinski definition) is 4. The Morgan fingerprint density at radius 1 is 1.43 bits per heavy atom. The van der Waals surface area contributed by atoms with Gasteiger partial charge < -0.3 is 9.52 Å². The summed E-state index contributed by atoms with van der Waals surface area (Å²) >= 11 is 0. The largest absolute Gasteiger partial charge is 0.478 e. The van der Waals surface area contributed by atoms with E-state index in [-0.39, 0.29) is 5.76 Å². The van der Waals surface area contributed by atoms with Crippen molar-refractivity contribution in [2.24, 2.45) is 0 Å². The first-order chi connectivity index (χ1) is 6.39. The highest BCUT2D eigenvalue weighted by Gasteiger charge is 2.13. The summed E-state index contributed by atoms with van der Waals surface area (Å²) in [6, 6.07) is 2.25. The second kappa shape index (κ2) is 3.64. The minimum Gasteiger partial charge on any atom is -0.478 e. The molecule has 7 heteroatoms. The van der Waals surface area contributed by atoms with E-state index in [1.165, 1.54) is 6.07 Å². The van der Waals surface area contributed by atoms with Crippen LogP contribution in [0, 0.1) is 0 Å². The van der Waals surface area contributed by atoms with Gasteiger partial charge in [0.15, 0.2) is 0 Å². The van der Waals surface area contributed by atoms with Gasteiger partial charge in [0.25, 0.3) is 0 Å². The minimum atomic E-state index is -4.37. The zero-order valence-electron chi connectivity index (χ0n) is 6.75. The summed E-state index contributed by atoms with van der Waals surface area (Å²) in [6.45, 7) is 0. The molecule has 0 aliphatic heterocycles. The quantitative estimate of drug-likeness (QED) is 0.569. The Morgan fingerprint density at radius 3 is 2.50 bits per heavy atom. The van der Waals surface area contributed by atoms with Gasteiger partial charge in [0.05, 0.1) is 0 Å². The molecule has 0 fully saturated rings. The molecule has 0 saturated carbocycles. The minimum absolute atomic E-state index is 0.0278. The van der Waals surface area contributed by atoms with Gasteiger partial charge in [-0.15, -0.1) is 0 Å². The van der Waals surface area contributed by atoms with Crippen molar-refractivity contribution in [3.05, 3.63) is 24.0 Å². The van der Waals surface area contributed by atoms with Crippen molar-refractivity contribution in [1.29, 1.82) is 0 Å². The van der Waals surface area contributed by atoms with Crippen molar-refractivity contribution in [3.8, 4) is 0 Å². The SMILES string of the molecule is O=C(O)/C=C/c1ccc(S(=O)(=O)O)o1. The number of hydrogen-bond donors (Lipinski definition) is 2. The molecular formula is C7H6O6S. The lowest BCUT2D eigenvalue weighted by Crippen LogP contribution is -1.94. The van der Waals surface area contributed by atoms with Crippen LogP contribution in [0.4, 0.5) is 0 Å².